The van der Waals surface area contributed by atoms with Crippen molar-refractivity contribution in [2.75, 3.05) is 0 Å². The molecule has 0 saturated heterocycles. The van der Waals surface area contributed by atoms with Gasteiger partial charge in [0, 0.05) is 24.4 Å². The molecule has 8 heteroatoms. The Labute approximate surface area is 139 Å². The number of nitrogens with zero attached hydrogens (tertiary/aromatic N) is 4. The van der Waals surface area contributed by atoms with Crippen LogP contribution in [0.2, 0.25) is 0 Å². The molecule has 0 bridgehead atoms. The molecular weight excluding hydrogens is 333 g/mol. The van der Waals surface area contributed by atoms with Crippen LogP contribution in [0.3, 0.4) is 0 Å². The molecule has 0 N–H and O–H groups in total. The lowest BCUT2D eigenvalue weighted by Gasteiger charge is -2.10. The maximum absolute atomic E-state index is 13.7. The Hall–Kier alpha value is -3.16. The summed E-state index contributed by atoms with van der Waals surface area (Å²) in [6.07, 6.45) is -1.54. The third kappa shape index (κ3) is 2.65. The van der Waals surface area contributed by atoms with E-state index in [0.29, 0.717) is 11.1 Å². The number of rotatable bonds is 2. The number of alkyl halides is 3. The van der Waals surface area contributed by atoms with Crippen molar-refractivity contribution in [1.29, 1.82) is 0 Å². The molecule has 0 unspecified atom stereocenters. The molecule has 0 saturated carbocycles. The summed E-state index contributed by atoms with van der Waals surface area (Å²) in [7, 11) is 1.68. The summed E-state index contributed by atoms with van der Waals surface area (Å²) in [6.45, 7) is 0. The van der Waals surface area contributed by atoms with Crippen molar-refractivity contribution in [1.82, 2.24) is 19.9 Å². The van der Waals surface area contributed by atoms with Gasteiger partial charge in [-0.05, 0) is 6.07 Å². The molecule has 4 rings (SSSR count). The quantitative estimate of drug-likeness (QED) is 0.544. The second-order valence-electron chi connectivity index (χ2n) is 5.53. The molecule has 0 aliphatic rings. The standard InChI is InChI=1S/C17H11F3N4O/c1-24-9-11(8-21-24)13-7-12(17(18,19)20)14-15(23-25-16(14)22-13)10-5-3-2-4-6-10/h2-9H,1H3. The molecule has 4 aromatic rings. The van der Waals surface area contributed by atoms with E-state index >= 15 is 0 Å². The maximum atomic E-state index is 13.7. The fraction of sp³-hybridized carbons (Fsp3) is 0.118. The number of benzene rings is 1. The highest BCUT2D eigenvalue weighted by Gasteiger charge is 2.36. The van der Waals surface area contributed by atoms with E-state index in [-0.39, 0.29) is 22.5 Å². The number of halogens is 3. The van der Waals surface area contributed by atoms with Gasteiger partial charge in [0.15, 0.2) is 0 Å². The first-order chi connectivity index (χ1) is 11.9. The Kier molecular flexibility index (Phi) is 3.34. The predicted octanol–water partition coefficient (Wildman–Crippen LogP) is 4.31. The Morgan fingerprint density at radius 2 is 1.84 bits per heavy atom. The molecule has 126 valence electrons. The van der Waals surface area contributed by atoms with Gasteiger partial charge in [0.05, 0.1) is 22.8 Å². The molecule has 0 spiro atoms. The minimum atomic E-state index is -4.58. The predicted molar refractivity (Wildman–Crippen MR) is 84.4 cm³/mol. The van der Waals surface area contributed by atoms with Crippen LogP contribution < -0.4 is 0 Å². The molecule has 1 aromatic carbocycles. The van der Waals surface area contributed by atoms with Crippen LogP contribution >= 0.6 is 0 Å². The summed E-state index contributed by atoms with van der Waals surface area (Å²) in [5.41, 5.74) is 0.246. The molecular formula is C17H11F3N4O. The molecule has 0 fully saturated rings. The first-order valence-corrected chi connectivity index (χ1v) is 7.35. The van der Waals surface area contributed by atoms with Crippen LogP contribution in [0.15, 0.2) is 53.3 Å². The van der Waals surface area contributed by atoms with Gasteiger partial charge in [-0.1, -0.05) is 35.5 Å². The third-order valence-electron chi connectivity index (χ3n) is 3.80. The average molecular weight is 344 g/mol. The van der Waals surface area contributed by atoms with Crippen molar-refractivity contribution in [3.8, 4) is 22.5 Å². The number of aromatic nitrogens is 4. The van der Waals surface area contributed by atoms with Gasteiger partial charge >= 0.3 is 6.18 Å². The fourth-order valence-corrected chi connectivity index (χ4v) is 2.67. The van der Waals surface area contributed by atoms with Crippen molar-refractivity contribution in [3.63, 3.8) is 0 Å². The Morgan fingerprint density at radius 3 is 2.48 bits per heavy atom. The van der Waals surface area contributed by atoms with Crippen LogP contribution in [0.5, 0.6) is 0 Å². The second kappa shape index (κ2) is 5.44. The van der Waals surface area contributed by atoms with E-state index in [0.717, 1.165) is 6.07 Å². The molecule has 3 heterocycles. The summed E-state index contributed by atoms with van der Waals surface area (Å²) in [5.74, 6) is 0. The van der Waals surface area contributed by atoms with Crippen molar-refractivity contribution in [2.24, 2.45) is 7.05 Å². The Balaban J connectivity index is 2.01. The van der Waals surface area contributed by atoms with Crippen LogP contribution in [0, 0.1) is 0 Å². The molecule has 5 nitrogen and oxygen atoms in total. The van der Waals surface area contributed by atoms with E-state index in [1.165, 1.54) is 10.9 Å². The summed E-state index contributed by atoms with van der Waals surface area (Å²) < 4.78 is 47.6. The summed E-state index contributed by atoms with van der Waals surface area (Å²) in [6, 6.07) is 9.57. The number of pyridine rings is 1. The fourth-order valence-electron chi connectivity index (χ4n) is 2.67. The second-order valence-corrected chi connectivity index (χ2v) is 5.53. The van der Waals surface area contributed by atoms with E-state index in [2.05, 4.69) is 15.2 Å². The number of hydrogen-bond acceptors (Lipinski definition) is 4. The van der Waals surface area contributed by atoms with Crippen LogP contribution in [0.25, 0.3) is 33.6 Å². The van der Waals surface area contributed by atoms with Gasteiger partial charge in [-0.3, -0.25) is 4.68 Å². The van der Waals surface area contributed by atoms with Gasteiger partial charge in [0.1, 0.15) is 5.69 Å². The monoisotopic (exact) mass is 344 g/mol. The van der Waals surface area contributed by atoms with Gasteiger partial charge in [-0.2, -0.15) is 18.3 Å². The number of fused-ring (bicyclic) bond motifs is 1. The molecule has 0 aliphatic heterocycles. The summed E-state index contributed by atoms with van der Waals surface area (Å²) in [5, 5.41) is 7.64. The van der Waals surface area contributed by atoms with Gasteiger partial charge in [0.25, 0.3) is 5.71 Å². The van der Waals surface area contributed by atoms with Crippen LogP contribution in [0.1, 0.15) is 5.56 Å². The van der Waals surface area contributed by atoms with Crippen molar-refractivity contribution in [3.05, 3.63) is 54.4 Å². The molecule has 0 aliphatic carbocycles. The van der Waals surface area contributed by atoms with E-state index in [1.807, 2.05) is 0 Å². The summed E-state index contributed by atoms with van der Waals surface area (Å²) >= 11 is 0. The van der Waals surface area contributed by atoms with Crippen molar-refractivity contribution >= 4 is 11.1 Å². The van der Waals surface area contributed by atoms with E-state index in [1.54, 1.807) is 43.6 Å². The zero-order chi connectivity index (χ0) is 17.6. The number of hydrogen-bond donors (Lipinski definition) is 0. The van der Waals surface area contributed by atoms with Crippen LogP contribution in [0.4, 0.5) is 13.2 Å². The SMILES string of the molecule is Cn1cc(-c2cc(C(F)(F)F)c3c(-c4ccccc4)noc3n2)cn1. The normalized spacial score (nSPS) is 12.0. The van der Waals surface area contributed by atoms with Crippen molar-refractivity contribution < 1.29 is 17.7 Å². The smallest absolute Gasteiger partial charge is 0.335 e. The first kappa shape index (κ1) is 15.4. The molecule has 25 heavy (non-hydrogen) atoms. The number of aryl methyl sites for hydroxylation is 1. The topological polar surface area (TPSA) is 56.7 Å². The maximum Gasteiger partial charge on any atom is 0.417 e. The van der Waals surface area contributed by atoms with E-state index < -0.39 is 11.7 Å². The lowest BCUT2D eigenvalue weighted by Crippen LogP contribution is -2.07. The average Bonchev–Trinajstić information content (AvgIpc) is 3.20. The van der Waals surface area contributed by atoms with Gasteiger partial charge in [0.2, 0.25) is 0 Å². The van der Waals surface area contributed by atoms with Crippen molar-refractivity contribution in [2.45, 2.75) is 6.18 Å². The molecule has 3 aromatic heterocycles. The zero-order valence-electron chi connectivity index (χ0n) is 12.9. The Bertz CT molecular complexity index is 1050. The van der Waals surface area contributed by atoms with Gasteiger partial charge in [-0.25, -0.2) is 4.98 Å². The highest BCUT2D eigenvalue weighted by atomic mass is 19.4. The third-order valence-corrected chi connectivity index (χ3v) is 3.80. The van der Waals surface area contributed by atoms with Gasteiger partial charge in [-0.15, -0.1) is 0 Å². The minimum absolute atomic E-state index is 0.119. The molecule has 0 radical (unpaired) electrons. The van der Waals surface area contributed by atoms with E-state index in [4.69, 9.17) is 4.52 Å². The minimum Gasteiger partial charge on any atom is -0.335 e. The molecule has 0 amide bonds. The molecule has 0 atom stereocenters. The zero-order valence-corrected chi connectivity index (χ0v) is 12.9. The highest BCUT2D eigenvalue weighted by molar-refractivity contribution is 5.94. The van der Waals surface area contributed by atoms with Crippen LogP contribution in [-0.2, 0) is 13.2 Å². The lowest BCUT2D eigenvalue weighted by molar-refractivity contribution is -0.136. The summed E-state index contributed by atoms with van der Waals surface area (Å²) in [4.78, 5) is 4.20. The Morgan fingerprint density at radius 1 is 1.08 bits per heavy atom. The first-order valence-electron chi connectivity index (χ1n) is 7.35. The van der Waals surface area contributed by atoms with Gasteiger partial charge < -0.3 is 4.52 Å². The highest BCUT2D eigenvalue weighted by Crippen LogP contribution is 2.40. The largest absolute Gasteiger partial charge is 0.417 e. The van der Waals surface area contributed by atoms with E-state index in [9.17, 15) is 13.2 Å². The lowest BCUT2D eigenvalue weighted by atomic mass is 10.0. The van der Waals surface area contributed by atoms with Crippen LogP contribution in [-0.4, -0.2) is 19.9 Å².